The van der Waals surface area contributed by atoms with Crippen LogP contribution in [-0.2, 0) is 17.1 Å². The molecule has 22 heavy (non-hydrogen) atoms. The maximum absolute atomic E-state index is 13.1. The molecule has 9 heteroatoms. The second-order valence-corrected chi connectivity index (χ2v) is 7.22. The molecule has 1 amide bonds. The predicted octanol–water partition coefficient (Wildman–Crippen LogP) is 1.24. The number of rotatable bonds is 4. The van der Waals surface area contributed by atoms with Crippen LogP contribution in [-0.4, -0.2) is 37.9 Å². The monoisotopic (exact) mass is 335 g/mol. The van der Waals surface area contributed by atoms with Crippen LogP contribution >= 0.6 is 0 Å². The minimum absolute atomic E-state index is 0.0501. The van der Waals surface area contributed by atoms with E-state index in [1.807, 2.05) is 0 Å². The molecule has 0 saturated heterocycles. The highest BCUT2D eigenvalue weighted by Gasteiger charge is 2.36. The Balaban J connectivity index is 2.13. The second kappa shape index (κ2) is 5.96. The number of alkyl halides is 2. The molecule has 0 bridgehead atoms. The molecule has 1 aromatic heterocycles. The number of halogens is 2. The summed E-state index contributed by atoms with van der Waals surface area (Å²) in [6.45, 7) is 0. The van der Waals surface area contributed by atoms with Gasteiger partial charge in [0.05, 0.1) is 0 Å². The highest BCUT2D eigenvalue weighted by Crippen LogP contribution is 2.33. The van der Waals surface area contributed by atoms with Gasteiger partial charge in [-0.15, -0.1) is 0 Å². The Morgan fingerprint density at radius 1 is 1.36 bits per heavy atom. The van der Waals surface area contributed by atoms with Crippen molar-refractivity contribution in [1.29, 1.82) is 0 Å². The van der Waals surface area contributed by atoms with Gasteiger partial charge in [-0.25, -0.2) is 21.9 Å². The zero-order valence-corrected chi connectivity index (χ0v) is 13.2. The van der Waals surface area contributed by atoms with Crippen molar-refractivity contribution in [2.24, 2.45) is 7.05 Å². The number of amides is 1. The molecule has 1 saturated carbocycles. The molecule has 0 radical (unpaired) electrons. The molecule has 2 rings (SSSR count). The van der Waals surface area contributed by atoms with Crippen LogP contribution in [0.1, 0.15) is 36.2 Å². The molecule has 2 N–H and O–H groups in total. The number of hydrogen-bond acceptors (Lipinski definition) is 3. The number of sulfonamides is 1. The van der Waals surface area contributed by atoms with Crippen LogP contribution < -0.4 is 10.0 Å². The van der Waals surface area contributed by atoms with Crippen LogP contribution in [0.25, 0.3) is 0 Å². The van der Waals surface area contributed by atoms with E-state index in [4.69, 9.17) is 0 Å². The van der Waals surface area contributed by atoms with E-state index in [0.29, 0.717) is 0 Å². The Bertz CT molecular complexity index is 660. The van der Waals surface area contributed by atoms with E-state index in [1.54, 1.807) is 7.05 Å². The lowest BCUT2D eigenvalue weighted by atomic mass is 9.93. The van der Waals surface area contributed by atoms with E-state index >= 15 is 0 Å². The van der Waals surface area contributed by atoms with Crippen molar-refractivity contribution in [3.63, 3.8) is 0 Å². The molecular weight excluding hydrogens is 316 g/mol. The van der Waals surface area contributed by atoms with E-state index in [1.165, 1.54) is 23.9 Å². The summed E-state index contributed by atoms with van der Waals surface area (Å²) < 4.78 is 54.6. The second-order valence-electron chi connectivity index (χ2n) is 5.50. The lowest BCUT2D eigenvalue weighted by molar-refractivity contribution is -0.0387. The number of aryl methyl sites for hydroxylation is 1. The molecule has 0 aliphatic heterocycles. The van der Waals surface area contributed by atoms with Crippen molar-refractivity contribution >= 4 is 15.9 Å². The quantitative estimate of drug-likeness (QED) is 0.869. The van der Waals surface area contributed by atoms with E-state index in [2.05, 4.69) is 10.0 Å². The summed E-state index contributed by atoms with van der Waals surface area (Å²) in [5.74, 6) is -3.11. The third-order valence-corrected chi connectivity index (χ3v) is 5.28. The summed E-state index contributed by atoms with van der Waals surface area (Å²) >= 11 is 0. The average Bonchev–Trinajstić information content (AvgIpc) is 2.83. The van der Waals surface area contributed by atoms with Gasteiger partial charge in [-0.2, -0.15) is 0 Å². The van der Waals surface area contributed by atoms with Gasteiger partial charge in [0.2, 0.25) is 15.9 Å². The van der Waals surface area contributed by atoms with Crippen molar-refractivity contribution < 1.29 is 22.0 Å². The van der Waals surface area contributed by atoms with Gasteiger partial charge in [-0.1, -0.05) is 0 Å². The zero-order valence-electron chi connectivity index (χ0n) is 12.4. The van der Waals surface area contributed by atoms with E-state index in [0.717, 1.165) is 0 Å². The topological polar surface area (TPSA) is 80.2 Å². The Labute approximate surface area is 127 Å². The summed E-state index contributed by atoms with van der Waals surface area (Å²) in [6, 6.07) is 0.756. The maximum Gasteiger partial charge on any atom is 0.267 e. The lowest BCUT2D eigenvalue weighted by Gasteiger charge is -2.28. The molecule has 1 aliphatic rings. The third kappa shape index (κ3) is 3.64. The summed E-state index contributed by atoms with van der Waals surface area (Å²) in [5, 5.41) is 2.42. The van der Waals surface area contributed by atoms with Gasteiger partial charge in [0.1, 0.15) is 10.6 Å². The standard InChI is InChI=1S/C13H19F2N3O3S/c1-16-12(19)11-7-10(8-18(11)2)22(20,21)17-9-3-5-13(14,15)6-4-9/h7-9,17H,3-6H2,1-2H3,(H,16,19). The Morgan fingerprint density at radius 2 is 1.95 bits per heavy atom. The average molecular weight is 335 g/mol. The molecular formula is C13H19F2N3O3S. The number of hydrogen-bond donors (Lipinski definition) is 2. The molecule has 6 nitrogen and oxygen atoms in total. The fourth-order valence-corrected chi connectivity index (χ4v) is 3.85. The van der Waals surface area contributed by atoms with Gasteiger partial charge in [0, 0.05) is 39.2 Å². The fraction of sp³-hybridized carbons (Fsp3) is 0.615. The summed E-state index contributed by atoms with van der Waals surface area (Å²) in [5.41, 5.74) is 0.207. The zero-order chi connectivity index (χ0) is 16.5. The minimum atomic E-state index is -3.84. The number of carbonyl (C=O) groups excluding carboxylic acids is 1. The molecule has 124 valence electrons. The molecule has 0 unspecified atom stereocenters. The maximum atomic E-state index is 13.1. The van der Waals surface area contributed by atoms with Crippen molar-refractivity contribution in [2.45, 2.75) is 42.5 Å². The summed E-state index contributed by atoms with van der Waals surface area (Å²) in [6.07, 6.45) is 0.879. The predicted molar refractivity (Wildman–Crippen MR) is 76.3 cm³/mol. The Kier molecular flexibility index (Phi) is 4.57. The van der Waals surface area contributed by atoms with Crippen molar-refractivity contribution in [2.75, 3.05) is 7.05 Å². The first-order valence-corrected chi connectivity index (χ1v) is 8.41. The van der Waals surface area contributed by atoms with Gasteiger partial charge in [-0.05, 0) is 18.9 Å². The van der Waals surface area contributed by atoms with Crippen LogP contribution in [0.5, 0.6) is 0 Å². The van der Waals surface area contributed by atoms with Gasteiger partial charge >= 0.3 is 0 Å². The van der Waals surface area contributed by atoms with E-state index < -0.39 is 27.9 Å². The first-order valence-electron chi connectivity index (χ1n) is 6.93. The fourth-order valence-electron chi connectivity index (χ4n) is 2.48. The molecule has 0 spiro atoms. The van der Waals surface area contributed by atoms with Crippen LogP contribution in [0.3, 0.4) is 0 Å². The number of aromatic nitrogens is 1. The normalized spacial score (nSPS) is 19.1. The number of nitrogens with one attached hydrogen (secondary N) is 2. The van der Waals surface area contributed by atoms with Gasteiger partial charge in [-0.3, -0.25) is 4.79 Å². The van der Waals surface area contributed by atoms with Gasteiger partial charge in [0.25, 0.3) is 5.91 Å². The molecule has 0 atom stereocenters. The SMILES string of the molecule is CNC(=O)c1cc(S(=O)(=O)NC2CCC(F)(F)CC2)cn1C. The van der Waals surface area contributed by atoms with E-state index in [9.17, 15) is 22.0 Å². The molecule has 1 fully saturated rings. The van der Waals surface area contributed by atoms with Crippen LogP contribution in [0.2, 0.25) is 0 Å². The smallest absolute Gasteiger partial charge is 0.267 e. The highest BCUT2D eigenvalue weighted by molar-refractivity contribution is 7.89. The minimum Gasteiger partial charge on any atom is -0.354 e. The molecule has 1 heterocycles. The third-order valence-electron chi connectivity index (χ3n) is 3.79. The largest absolute Gasteiger partial charge is 0.354 e. The van der Waals surface area contributed by atoms with Crippen LogP contribution in [0.15, 0.2) is 17.2 Å². The summed E-state index contributed by atoms with van der Waals surface area (Å²) in [7, 11) is -0.828. The lowest BCUT2D eigenvalue weighted by Crippen LogP contribution is -2.40. The highest BCUT2D eigenvalue weighted by atomic mass is 32.2. The van der Waals surface area contributed by atoms with Gasteiger partial charge in [0.15, 0.2) is 0 Å². The molecule has 0 aromatic carbocycles. The Hall–Kier alpha value is -1.48. The molecule has 1 aromatic rings. The van der Waals surface area contributed by atoms with Gasteiger partial charge < -0.3 is 9.88 Å². The van der Waals surface area contributed by atoms with Crippen molar-refractivity contribution in [3.05, 3.63) is 18.0 Å². The van der Waals surface area contributed by atoms with Crippen molar-refractivity contribution in [3.8, 4) is 0 Å². The number of carbonyl (C=O) groups is 1. The number of nitrogens with zero attached hydrogens (tertiary/aromatic N) is 1. The van der Waals surface area contributed by atoms with Crippen molar-refractivity contribution in [1.82, 2.24) is 14.6 Å². The van der Waals surface area contributed by atoms with Crippen LogP contribution in [0, 0.1) is 0 Å². The first kappa shape index (κ1) is 16.9. The van der Waals surface area contributed by atoms with E-state index in [-0.39, 0.29) is 36.3 Å². The summed E-state index contributed by atoms with van der Waals surface area (Å²) in [4.78, 5) is 11.6. The first-order chi connectivity index (χ1) is 10.1. The Morgan fingerprint density at radius 3 is 2.50 bits per heavy atom. The van der Waals surface area contributed by atoms with Crippen LogP contribution in [0.4, 0.5) is 8.78 Å². The molecule has 1 aliphatic carbocycles.